The van der Waals surface area contributed by atoms with E-state index in [-0.39, 0.29) is 16.9 Å². The second-order valence-electron chi connectivity index (χ2n) is 3.45. The molecule has 2 unspecified atom stereocenters. The van der Waals surface area contributed by atoms with Crippen molar-refractivity contribution < 1.29 is 24.5 Å². The van der Waals surface area contributed by atoms with Crippen LogP contribution in [-0.4, -0.2) is 36.5 Å². The topological polar surface area (TPSA) is 99.8 Å². The lowest BCUT2D eigenvalue weighted by atomic mass is 9.98. The zero-order valence-corrected chi connectivity index (χ0v) is 9.95. The lowest BCUT2D eigenvalue weighted by Gasteiger charge is -2.18. The molecule has 0 saturated carbocycles. The average molecular weight is 251 g/mol. The fraction of sp³-hybridized carbons (Fsp3) is 0.333. The minimum atomic E-state index is -1.76. The summed E-state index contributed by atoms with van der Waals surface area (Å²) in [6, 6.07) is 6.37. The summed E-state index contributed by atoms with van der Waals surface area (Å²) in [5, 5.41) is 28.4. The van der Waals surface area contributed by atoms with E-state index in [4.69, 9.17) is 10.00 Å². The molecule has 0 spiro atoms. The first-order valence-corrected chi connectivity index (χ1v) is 5.07. The van der Waals surface area contributed by atoms with Gasteiger partial charge in [-0.3, -0.25) is 0 Å². The molecule has 1 rings (SSSR count). The number of methoxy groups -OCH3 is 2. The molecule has 96 valence electrons. The highest BCUT2D eigenvalue weighted by molar-refractivity contribution is 5.75. The summed E-state index contributed by atoms with van der Waals surface area (Å²) in [6.45, 7) is 0. The minimum absolute atomic E-state index is 0.0652. The number of hydrogen-bond acceptors (Lipinski definition) is 6. The van der Waals surface area contributed by atoms with Crippen LogP contribution in [0.4, 0.5) is 0 Å². The van der Waals surface area contributed by atoms with Gasteiger partial charge < -0.3 is 19.7 Å². The van der Waals surface area contributed by atoms with Gasteiger partial charge in [-0.2, -0.15) is 5.26 Å². The first-order chi connectivity index (χ1) is 8.56. The molecule has 0 aliphatic heterocycles. The van der Waals surface area contributed by atoms with E-state index in [9.17, 15) is 15.0 Å². The van der Waals surface area contributed by atoms with Crippen molar-refractivity contribution in [1.29, 1.82) is 5.26 Å². The Morgan fingerprint density at radius 2 is 2.06 bits per heavy atom. The molecule has 1 aromatic carbocycles. The Morgan fingerprint density at radius 1 is 1.39 bits per heavy atom. The quantitative estimate of drug-likeness (QED) is 0.738. The Hall–Kier alpha value is -2.10. The summed E-state index contributed by atoms with van der Waals surface area (Å²) in [5.74, 6) is -0.722. The van der Waals surface area contributed by atoms with Gasteiger partial charge >= 0.3 is 5.97 Å². The average Bonchev–Trinajstić information content (AvgIpc) is 2.43. The van der Waals surface area contributed by atoms with Crippen LogP contribution in [0.25, 0.3) is 0 Å². The highest BCUT2D eigenvalue weighted by Gasteiger charge is 2.29. The van der Waals surface area contributed by atoms with E-state index in [0.29, 0.717) is 0 Å². The van der Waals surface area contributed by atoms with Crippen molar-refractivity contribution >= 4 is 5.97 Å². The van der Waals surface area contributed by atoms with Crippen molar-refractivity contribution in [3.8, 4) is 11.8 Å². The Bertz CT molecular complexity index is 480. The molecule has 18 heavy (non-hydrogen) atoms. The molecule has 0 radical (unpaired) electrons. The van der Waals surface area contributed by atoms with Crippen molar-refractivity contribution in [2.24, 2.45) is 0 Å². The number of benzene rings is 1. The maximum Gasteiger partial charge on any atom is 0.337 e. The van der Waals surface area contributed by atoms with Crippen LogP contribution in [0, 0.1) is 11.3 Å². The second-order valence-corrected chi connectivity index (χ2v) is 3.45. The van der Waals surface area contributed by atoms with Crippen LogP contribution in [0.2, 0.25) is 0 Å². The van der Waals surface area contributed by atoms with Crippen LogP contribution < -0.4 is 4.74 Å². The van der Waals surface area contributed by atoms with Crippen molar-refractivity contribution in [2.75, 3.05) is 14.2 Å². The third-order valence-electron chi connectivity index (χ3n) is 2.45. The summed E-state index contributed by atoms with van der Waals surface area (Å²) >= 11 is 0. The SMILES string of the molecule is COC(=O)C(O)C(O)c1cccc(OC)c1C#N. The number of esters is 1. The van der Waals surface area contributed by atoms with Crippen LogP contribution in [0.1, 0.15) is 17.2 Å². The maximum absolute atomic E-state index is 11.1. The van der Waals surface area contributed by atoms with Gasteiger partial charge in [0.15, 0.2) is 6.10 Å². The normalized spacial score (nSPS) is 13.3. The Balaban J connectivity index is 3.17. The molecule has 2 atom stereocenters. The molecule has 0 aliphatic rings. The first-order valence-electron chi connectivity index (χ1n) is 5.07. The van der Waals surface area contributed by atoms with E-state index in [2.05, 4.69) is 4.74 Å². The van der Waals surface area contributed by atoms with Crippen LogP contribution in [0.15, 0.2) is 18.2 Å². The summed E-state index contributed by atoms with van der Waals surface area (Å²) in [5.41, 5.74) is 0.171. The first kappa shape index (κ1) is 14.0. The maximum atomic E-state index is 11.1. The van der Waals surface area contributed by atoms with Crippen molar-refractivity contribution in [2.45, 2.75) is 12.2 Å². The van der Waals surface area contributed by atoms with Crippen LogP contribution in [-0.2, 0) is 9.53 Å². The van der Waals surface area contributed by atoms with Crippen LogP contribution in [0.3, 0.4) is 0 Å². The number of nitrogens with zero attached hydrogens (tertiary/aromatic N) is 1. The largest absolute Gasteiger partial charge is 0.495 e. The number of carbonyl (C=O) groups excluding carboxylic acids is 1. The van der Waals surface area contributed by atoms with E-state index in [1.54, 1.807) is 12.1 Å². The van der Waals surface area contributed by atoms with Crippen molar-refractivity contribution in [1.82, 2.24) is 0 Å². The Morgan fingerprint density at radius 3 is 2.56 bits per heavy atom. The molecule has 0 aromatic heterocycles. The molecular weight excluding hydrogens is 238 g/mol. The fourth-order valence-corrected chi connectivity index (χ4v) is 1.50. The van der Waals surface area contributed by atoms with Gasteiger partial charge in [-0.15, -0.1) is 0 Å². The van der Waals surface area contributed by atoms with Gasteiger partial charge in [-0.1, -0.05) is 12.1 Å². The van der Waals surface area contributed by atoms with Gasteiger partial charge in [0.1, 0.15) is 17.9 Å². The molecule has 0 aliphatic carbocycles. The molecule has 0 fully saturated rings. The molecule has 6 heteroatoms. The smallest absolute Gasteiger partial charge is 0.337 e. The van der Waals surface area contributed by atoms with Crippen LogP contribution in [0.5, 0.6) is 5.75 Å². The monoisotopic (exact) mass is 251 g/mol. The number of aliphatic hydroxyl groups is 2. The van der Waals surface area contributed by atoms with E-state index >= 15 is 0 Å². The van der Waals surface area contributed by atoms with Crippen LogP contribution >= 0.6 is 0 Å². The molecule has 0 saturated heterocycles. The predicted octanol–water partition coefficient (Wildman–Crippen LogP) is 0.134. The number of nitriles is 1. The van der Waals surface area contributed by atoms with Gasteiger partial charge in [-0.25, -0.2) is 4.79 Å². The molecule has 0 heterocycles. The second kappa shape index (κ2) is 6.00. The van der Waals surface area contributed by atoms with Gasteiger partial charge in [0.2, 0.25) is 0 Å². The number of hydrogen-bond donors (Lipinski definition) is 2. The minimum Gasteiger partial charge on any atom is -0.495 e. The van der Waals surface area contributed by atoms with Gasteiger partial charge in [0.05, 0.1) is 19.8 Å². The summed E-state index contributed by atoms with van der Waals surface area (Å²) in [6.07, 6.45) is -3.31. The third-order valence-corrected chi connectivity index (χ3v) is 2.45. The number of aliphatic hydroxyl groups excluding tert-OH is 2. The lowest BCUT2D eigenvalue weighted by Crippen LogP contribution is -2.29. The van der Waals surface area contributed by atoms with E-state index in [1.165, 1.54) is 13.2 Å². The number of ether oxygens (including phenoxy) is 2. The molecule has 0 amide bonds. The molecule has 2 N–H and O–H groups in total. The standard InChI is InChI=1S/C12H13NO5/c1-17-9-5-3-4-7(8(9)6-13)10(14)11(15)12(16)18-2/h3-5,10-11,14-15H,1-2H3. The van der Waals surface area contributed by atoms with E-state index in [0.717, 1.165) is 7.11 Å². The fourth-order valence-electron chi connectivity index (χ4n) is 1.50. The Kier molecular flexibility index (Phi) is 4.66. The van der Waals surface area contributed by atoms with E-state index in [1.807, 2.05) is 6.07 Å². The molecule has 1 aromatic rings. The predicted molar refractivity (Wildman–Crippen MR) is 60.7 cm³/mol. The van der Waals surface area contributed by atoms with Gasteiger partial charge in [0.25, 0.3) is 0 Å². The highest BCUT2D eigenvalue weighted by Crippen LogP contribution is 2.28. The van der Waals surface area contributed by atoms with Crippen molar-refractivity contribution in [3.05, 3.63) is 29.3 Å². The Labute approximate surface area is 104 Å². The molecule has 0 bridgehead atoms. The zero-order valence-electron chi connectivity index (χ0n) is 9.95. The summed E-state index contributed by atoms with van der Waals surface area (Å²) in [7, 11) is 2.47. The lowest BCUT2D eigenvalue weighted by molar-refractivity contribution is -0.156. The highest BCUT2D eigenvalue weighted by atomic mass is 16.5. The number of rotatable bonds is 4. The van der Waals surface area contributed by atoms with Gasteiger partial charge in [-0.05, 0) is 6.07 Å². The zero-order chi connectivity index (χ0) is 13.7. The van der Waals surface area contributed by atoms with Gasteiger partial charge in [0, 0.05) is 5.56 Å². The molecular formula is C12H13NO5. The van der Waals surface area contributed by atoms with Crippen molar-refractivity contribution in [3.63, 3.8) is 0 Å². The summed E-state index contributed by atoms with van der Waals surface area (Å²) < 4.78 is 9.28. The molecule has 6 nitrogen and oxygen atoms in total. The van der Waals surface area contributed by atoms with E-state index < -0.39 is 18.2 Å². The number of carbonyl (C=O) groups is 1. The third kappa shape index (κ3) is 2.59. The summed E-state index contributed by atoms with van der Waals surface area (Å²) in [4.78, 5) is 11.1.